The van der Waals surface area contributed by atoms with Crippen LogP contribution in [0.1, 0.15) is 25.0 Å². The van der Waals surface area contributed by atoms with Gasteiger partial charge in [-0.2, -0.15) is 0 Å². The van der Waals surface area contributed by atoms with E-state index in [1.165, 1.54) is 76.8 Å². The molecule has 11 rings (SSSR count). The van der Waals surface area contributed by atoms with Gasteiger partial charge in [0.2, 0.25) is 0 Å². The zero-order chi connectivity index (χ0) is 38.1. The van der Waals surface area contributed by atoms with Gasteiger partial charge in [0.15, 0.2) is 5.82 Å². The summed E-state index contributed by atoms with van der Waals surface area (Å²) < 4.78 is 0. The van der Waals surface area contributed by atoms with Gasteiger partial charge in [-0.1, -0.05) is 190 Å². The molecule has 1 heterocycles. The van der Waals surface area contributed by atoms with E-state index in [9.17, 15) is 0 Å². The van der Waals surface area contributed by atoms with Crippen LogP contribution in [0.15, 0.2) is 194 Å². The van der Waals surface area contributed by atoms with E-state index < -0.39 is 0 Å². The Labute approximate surface area is 332 Å². The van der Waals surface area contributed by atoms with Crippen molar-refractivity contribution in [3.8, 4) is 67.3 Å². The smallest absolute Gasteiger partial charge is 0.160 e. The number of hydrogen-bond donors (Lipinski definition) is 0. The second kappa shape index (κ2) is 13.0. The predicted molar refractivity (Wildman–Crippen MR) is 239 cm³/mol. The molecule has 0 bridgehead atoms. The van der Waals surface area contributed by atoms with Gasteiger partial charge < -0.3 is 0 Å². The van der Waals surface area contributed by atoms with Gasteiger partial charge >= 0.3 is 0 Å². The quantitative estimate of drug-likeness (QED) is 0.165. The van der Waals surface area contributed by atoms with Gasteiger partial charge in [-0.15, -0.1) is 0 Å². The minimum atomic E-state index is -0.0743. The number of nitrogens with zero attached hydrogens (tertiary/aromatic N) is 2. The lowest BCUT2D eigenvalue weighted by molar-refractivity contribution is 0.660. The molecule has 2 heteroatoms. The summed E-state index contributed by atoms with van der Waals surface area (Å²) in [6.45, 7) is 4.72. The third kappa shape index (κ3) is 5.40. The summed E-state index contributed by atoms with van der Waals surface area (Å²) in [5, 5.41) is 7.47. The molecule has 1 aliphatic rings. The molecule has 0 fully saturated rings. The van der Waals surface area contributed by atoms with Crippen LogP contribution in [0.4, 0.5) is 0 Å². The predicted octanol–water partition coefficient (Wildman–Crippen LogP) is 14.6. The lowest BCUT2D eigenvalue weighted by Gasteiger charge is -2.22. The van der Waals surface area contributed by atoms with Crippen molar-refractivity contribution in [3.05, 3.63) is 205 Å². The molecule has 9 aromatic carbocycles. The van der Waals surface area contributed by atoms with Crippen molar-refractivity contribution >= 4 is 32.3 Å². The van der Waals surface area contributed by atoms with E-state index in [0.29, 0.717) is 5.82 Å². The van der Waals surface area contributed by atoms with Crippen LogP contribution in [0.2, 0.25) is 0 Å². The van der Waals surface area contributed by atoms with E-state index in [4.69, 9.17) is 9.97 Å². The van der Waals surface area contributed by atoms with E-state index in [-0.39, 0.29) is 5.41 Å². The number of benzene rings is 9. The van der Waals surface area contributed by atoms with Gasteiger partial charge in [-0.05, 0) is 95.0 Å². The molecule has 10 aromatic rings. The van der Waals surface area contributed by atoms with Crippen molar-refractivity contribution in [3.63, 3.8) is 0 Å². The summed E-state index contributed by atoms with van der Waals surface area (Å²) in [5.41, 5.74) is 15.1. The monoisotopic (exact) mass is 726 g/mol. The van der Waals surface area contributed by atoms with Crippen LogP contribution in [-0.4, -0.2) is 9.97 Å². The normalized spacial score (nSPS) is 12.9. The van der Waals surface area contributed by atoms with Crippen molar-refractivity contribution in [2.45, 2.75) is 19.3 Å². The highest BCUT2D eigenvalue weighted by Gasteiger charge is 2.35. The third-order valence-corrected chi connectivity index (χ3v) is 12.1. The van der Waals surface area contributed by atoms with Crippen molar-refractivity contribution < 1.29 is 0 Å². The van der Waals surface area contributed by atoms with E-state index >= 15 is 0 Å². The molecule has 1 aliphatic carbocycles. The molecule has 0 spiro atoms. The molecule has 0 aliphatic heterocycles. The maximum absolute atomic E-state index is 5.23. The number of aromatic nitrogens is 2. The van der Waals surface area contributed by atoms with E-state index in [1.807, 2.05) is 18.2 Å². The number of fused-ring (bicyclic) bond motifs is 9. The lowest BCUT2D eigenvalue weighted by atomic mass is 9.81. The zero-order valence-electron chi connectivity index (χ0n) is 31.9. The van der Waals surface area contributed by atoms with Gasteiger partial charge in [0, 0.05) is 22.1 Å². The topological polar surface area (TPSA) is 25.8 Å². The fraction of sp³-hybridized carbons (Fsp3) is 0.0545. The van der Waals surface area contributed by atoms with Crippen LogP contribution < -0.4 is 0 Å². The summed E-state index contributed by atoms with van der Waals surface area (Å²) in [5.74, 6) is 0.711. The second-order valence-electron chi connectivity index (χ2n) is 15.7. The van der Waals surface area contributed by atoms with Crippen LogP contribution in [0.5, 0.6) is 0 Å². The summed E-state index contributed by atoms with van der Waals surface area (Å²) in [6, 6.07) is 70.2. The molecule has 0 atom stereocenters. The molecule has 0 N–H and O–H groups in total. The molecule has 1 aromatic heterocycles. The molecule has 2 nitrogen and oxygen atoms in total. The standard InChI is InChI=1S/C55H38N2/c1-55(2)49-23-12-11-20-44(49)45-30-28-39(33-50(45)55)41-21-13-22-46-42-18-9-10-19-43(42)48-32-40(29-31-47(48)53(41)46)52-34-51(56-54(57-52)38-16-7-4-8-17-38)37-26-24-36(25-27-37)35-14-5-3-6-15-35/h3-34H,1-2H3. The highest BCUT2D eigenvalue weighted by Crippen LogP contribution is 2.50. The van der Waals surface area contributed by atoms with E-state index in [0.717, 1.165) is 28.1 Å². The molecule has 0 amide bonds. The van der Waals surface area contributed by atoms with Crippen molar-refractivity contribution in [2.75, 3.05) is 0 Å². The average Bonchev–Trinajstić information content (AvgIpc) is 3.51. The Morgan fingerprint density at radius 2 is 0.842 bits per heavy atom. The van der Waals surface area contributed by atoms with Gasteiger partial charge in [-0.25, -0.2) is 9.97 Å². The molecular formula is C55H38N2. The number of rotatable bonds is 5. The Bertz CT molecular complexity index is 3180. The number of hydrogen-bond acceptors (Lipinski definition) is 2. The molecule has 0 unspecified atom stereocenters. The molecule has 0 saturated heterocycles. The molecule has 268 valence electrons. The Hall–Kier alpha value is -7.16. The average molecular weight is 727 g/mol. The molecular weight excluding hydrogens is 689 g/mol. The SMILES string of the molecule is CC1(C)c2ccccc2-c2ccc(-c3cccc4c5ccccc5c5cc(-c6cc(-c7ccc(-c8ccccc8)cc7)nc(-c7ccccc7)n6)ccc5c34)cc21. The van der Waals surface area contributed by atoms with Crippen molar-refractivity contribution in [1.82, 2.24) is 9.97 Å². The van der Waals surface area contributed by atoms with E-state index in [1.54, 1.807) is 0 Å². The van der Waals surface area contributed by atoms with Gasteiger partial charge in [0.1, 0.15) is 0 Å². The first-order valence-corrected chi connectivity index (χ1v) is 19.7. The molecule has 0 saturated carbocycles. The highest BCUT2D eigenvalue weighted by atomic mass is 14.9. The second-order valence-corrected chi connectivity index (χ2v) is 15.7. The highest BCUT2D eigenvalue weighted by molar-refractivity contribution is 6.28. The fourth-order valence-electron chi connectivity index (χ4n) is 9.20. The van der Waals surface area contributed by atoms with Crippen molar-refractivity contribution in [1.29, 1.82) is 0 Å². The first kappa shape index (κ1) is 33.2. The summed E-state index contributed by atoms with van der Waals surface area (Å²) >= 11 is 0. The van der Waals surface area contributed by atoms with Crippen LogP contribution in [0, 0.1) is 0 Å². The van der Waals surface area contributed by atoms with Crippen LogP contribution >= 0.6 is 0 Å². The maximum atomic E-state index is 5.23. The van der Waals surface area contributed by atoms with Gasteiger partial charge in [0.05, 0.1) is 11.4 Å². The lowest BCUT2D eigenvalue weighted by Crippen LogP contribution is -2.14. The van der Waals surface area contributed by atoms with Crippen LogP contribution in [-0.2, 0) is 5.41 Å². The van der Waals surface area contributed by atoms with Crippen molar-refractivity contribution in [2.24, 2.45) is 0 Å². The van der Waals surface area contributed by atoms with Crippen LogP contribution in [0.25, 0.3) is 99.6 Å². The van der Waals surface area contributed by atoms with Gasteiger partial charge in [0.25, 0.3) is 0 Å². The van der Waals surface area contributed by atoms with Crippen LogP contribution in [0.3, 0.4) is 0 Å². The molecule has 57 heavy (non-hydrogen) atoms. The minimum Gasteiger partial charge on any atom is -0.228 e. The maximum Gasteiger partial charge on any atom is 0.160 e. The fourth-order valence-corrected chi connectivity index (χ4v) is 9.20. The largest absolute Gasteiger partial charge is 0.228 e. The summed E-state index contributed by atoms with van der Waals surface area (Å²) in [4.78, 5) is 10.4. The first-order chi connectivity index (χ1) is 28.0. The van der Waals surface area contributed by atoms with E-state index in [2.05, 4.69) is 190 Å². The Balaban J connectivity index is 1.10. The van der Waals surface area contributed by atoms with Gasteiger partial charge in [-0.3, -0.25) is 0 Å². The third-order valence-electron chi connectivity index (χ3n) is 12.1. The Kier molecular flexibility index (Phi) is 7.55. The Morgan fingerprint density at radius 3 is 1.61 bits per heavy atom. The summed E-state index contributed by atoms with van der Waals surface area (Å²) in [7, 11) is 0. The summed E-state index contributed by atoms with van der Waals surface area (Å²) in [6.07, 6.45) is 0. The minimum absolute atomic E-state index is 0.0743. The first-order valence-electron chi connectivity index (χ1n) is 19.7. The Morgan fingerprint density at radius 1 is 0.316 bits per heavy atom. The molecule has 0 radical (unpaired) electrons. The zero-order valence-corrected chi connectivity index (χ0v) is 31.9.